The fourth-order valence-corrected chi connectivity index (χ4v) is 4.97. The number of hydrogen-bond acceptors (Lipinski definition) is 8. The Morgan fingerprint density at radius 3 is 2.28 bits per heavy atom. The molecule has 9 atom stereocenters. The minimum Gasteiger partial charge on any atom is -0.464 e. The van der Waals surface area contributed by atoms with Gasteiger partial charge in [0.05, 0.1) is 12.7 Å². The second-order valence-corrected chi connectivity index (χ2v) is 8.22. The zero-order valence-corrected chi connectivity index (χ0v) is 14.7. The van der Waals surface area contributed by atoms with Crippen LogP contribution in [0.4, 0.5) is 0 Å². The molecule has 25 heavy (non-hydrogen) atoms. The highest BCUT2D eigenvalue weighted by atomic mass is 16.7. The molecule has 1 heterocycles. The van der Waals surface area contributed by atoms with E-state index in [-0.39, 0.29) is 23.5 Å². The Morgan fingerprint density at radius 1 is 1.08 bits per heavy atom. The van der Waals surface area contributed by atoms with Crippen molar-refractivity contribution < 1.29 is 39.4 Å². The predicted octanol–water partition coefficient (Wildman–Crippen LogP) is -0.831. The van der Waals surface area contributed by atoms with Crippen molar-refractivity contribution in [1.29, 1.82) is 0 Å². The highest BCUT2D eigenvalue weighted by molar-refractivity contribution is 5.38. The van der Waals surface area contributed by atoms with Crippen molar-refractivity contribution in [1.82, 2.24) is 0 Å². The van der Waals surface area contributed by atoms with Crippen molar-refractivity contribution in [3.8, 4) is 0 Å². The molecular formula is C17H28O8. The molecule has 0 radical (unpaired) electrons. The van der Waals surface area contributed by atoms with Crippen LogP contribution < -0.4 is 0 Å². The second kappa shape index (κ2) is 6.44. The van der Waals surface area contributed by atoms with Crippen molar-refractivity contribution >= 4 is 6.47 Å². The number of carbonyl (C=O) groups is 1. The van der Waals surface area contributed by atoms with Crippen LogP contribution >= 0.6 is 0 Å². The average Bonchev–Trinajstić information content (AvgIpc) is 2.87. The highest BCUT2D eigenvalue weighted by Crippen LogP contribution is 2.67. The summed E-state index contributed by atoms with van der Waals surface area (Å²) in [4.78, 5) is 10.9. The summed E-state index contributed by atoms with van der Waals surface area (Å²) in [5.41, 5.74) is -0.614. The van der Waals surface area contributed by atoms with E-state index < -0.39 is 42.7 Å². The smallest absolute Gasteiger partial charge is 0.293 e. The normalized spacial score (nSPS) is 51.5. The lowest BCUT2D eigenvalue weighted by Gasteiger charge is -2.46. The number of carbonyl (C=O) groups excluding carboxylic acids is 1. The summed E-state index contributed by atoms with van der Waals surface area (Å²) in [6.45, 7) is 6.18. The molecule has 144 valence electrons. The summed E-state index contributed by atoms with van der Waals surface area (Å²) in [6.07, 6.45) is -5.69. The molecule has 4 N–H and O–H groups in total. The predicted molar refractivity (Wildman–Crippen MR) is 84.2 cm³/mol. The topological polar surface area (TPSA) is 126 Å². The first-order valence-corrected chi connectivity index (χ1v) is 8.73. The molecule has 0 aromatic heterocycles. The summed E-state index contributed by atoms with van der Waals surface area (Å²) in [6, 6.07) is 0. The van der Waals surface area contributed by atoms with Gasteiger partial charge in [-0.3, -0.25) is 4.79 Å². The monoisotopic (exact) mass is 360 g/mol. The van der Waals surface area contributed by atoms with Gasteiger partial charge in [-0.05, 0) is 24.2 Å². The van der Waals surface area contributed by atoms with Gasteiger partial charge in [-0.2, -0.15) is 0 Å². The lowest BCUT2D eigenvalue weighted by molar-refractivity contribution is -0.322. The zero-order valence-electron chi connectivity index (χ0n) is 14.7. The Balaban J connectivity index is 1.80. The summed E-state index contributed by atoms with van der Waals surface area (Å²) in [5.74, 6) is 0.289. The van der Waals surface area contributed by atoms with E-state index in [2.05, 4.69) is 13.8 Å². The lowest BCUT2D eigenvalue weighted by Crippen LogP contribution is -2.60. The molecule has 2 bridgehead atoms. The van der Waals surface area contributed by atoms with Crippen LogP contribution in [0.1, 0.15) is 33.6 Å². The molecule has 3 fully saturated rings. The van der Waals surface area contributed by atoms with Gasteiger partial charge in [0.15, 0.2) is 6.29 Å². The Labute approximate surface area is 146 Å². The molecule has 8 heteroatoms. The average molecular weight is 360 g/mol. The van der Waals surface area contributed by atoms with Crippen molar-refractivity contribution in [3.63, 3.8) is 0 Å². The first kappa shape index (κ1) is 19.0. The summed E-state index contributed by atoms with van der Waals surface area (Å²) in [7, 11) is 0. The van der Waals surface area contributed by atoms with Gasteiger partial charge in [0.1, 0.15) is 30.5 Å². The second-order valence-electron chi connectivity index (χ2n) is 8.22. The van der Waals surface area contributed by atoms with E-state index in [1.54, 1.807) is 0 Å². The van der Waals surface area contributed by atoms with E-state index in [0.29, 0.717) is 6.47 Å². The SMILES string of the molecule is CC1(C)[C@H]2C[C@H](OC=O)[C@]1(C)[C@@H](O[C@@H]1O[C@H](CO)[C@@H](O)[C@H](O)[C@H]1O)C2. The molecule has 0 unspecified atom stereocenters. The Kier molecular flexibility index (Phi) is 4.89. The van der Waals surface area contributed by atoms with Gasteiger partial charge >= 0.3 is 0 Å². The molecule has 3 rings (SSSR count). The van der Waals surface area contributed by atoms with Crippen LogP contribution in [0.25, 0.3) is 0 Å². The van der Waals surface area contributed by atoms with E-state index in [0.717, 1.165) is 12.8 Å². The molecule has 3 aliphatic rings. The van der Waals surface area contributed by atoms with Crippen LogP contribution in [0, 0.1) is 16.7 Å². The van der Waals surface area contributed by atoms with Gasteiger partial charge in [0.25, 0.3) is 6.47 Å². The number of rotatable bonds is 5. The Hall–Kier alpha value is -0.770. The third-order valence-electron chi connectivity index (χ3n) is 7.11. The fourth-order valence-electron chi connectivity index (χ4n) is 4.97. The van der Waals surface area contributed by atoms with E-state index in [1.165, 1.54) is 0 Å². The van der Waals surface area contributed by atoms with Gasteiger partial charge in [0.2, 0.25) is 0 Å². The number of ether oxygens (including phenoxy) is 3. The number of fused-ring (bicyclic) bond motifs is 2. The maximum atomic E-state index is 10.9. The molecule has 2 saturated carbocycles. The molecular weight excluding hydrogens is 332 g/mol. The van der Waals surface area contributed by atoms with Crippen LogP contribution in [0.15, 0.2) is 0 Å². The number of aliphatic hydroxyl groups excluding tert-OH is 4. The minimum atomic E-state index is -1.47. The van der Waals surface area contributed by atoms with E-state index in [9.17, 15) is 25.2 Å². The van der Waals surface area contributed by atoms with Crippen molar-refractivity contribution in [3.05, 3.63) is 0 Å². The molecule has 0 aromatic rings. The molecule has 0 amide bonds. The van der Waals surface area contributed by atoms with Gasteiger partial charge in [0, 0.05) is 5.41 Å². The summed E-state index contributed by atoms with van der Waals surface area (Å²) in [5, 5.41) is 39.3. The molecule has 0 spiro atoms. The molecule has 8 nitrogen and oxygen atoms in total. The first-order valence-electron chi connectivity index (χ1n) is 8.73. The van der Waals surface area contributed by atoms with Gasteiger partial charge in [-0.1, -0.05) is 20.8 Å². The zero-order chi connectivity index (χ0) is 18.6. The summed E-state index contributed by atoms with van der Waals surface area (Å²) < 4.78 is 16.8. The van der Waals surface area contributed by atoms with Crippen LogP contribution in [-0.4, -0.2) is 76.4 Å². The van der Waals surface area contributed by atoms with E-state index >= 15 is 0 Å². The highest BCUT2D eigenvalue weighted by Gasteiger charge is 2.68. The van der Waals surface area contributed by atoms with Gasteiger partial charge in [-0.15, -0.1) is 0 Å². The largest absolute Gasteiger partial charge is 0.464 e. The fraction of sp³-hybridized carbons (Fsp3) is 0.941. The lowest BCUT2D eigenvalue weighted by atomic mass is 9.68. The maximum absolute atomic E-state index is 10.9. The van der Waals surface area contributed by atoms with Crippen LogP contribution in [0.3, 0.4) is 0 Å². The third kappa shape index (κ3) is 2.62. The third-order valence-corrected chi connectivity index (χ3v) is 7.11. The van der Waals surface area contributed by atoms with Crippen LogP contribution in [-0.2, 0) is 19.0 Å². The number of hydrogen-bond donors (Lipinski definition) is 4. The molecule has 0 aromatic carbocycles. The minimum absolute atomic E-state index is 0.139. The Bertz CT molecular complexity index is 509. The maximum Gasteiger partial charge on any atom is 0.293 e. The van der Waals surface area contributed by atoms with Crippen molar-refractivity contribution in [2.75, 3.05) is 6.61 Å². The number of aliphatic hydroxyl groups is 4. The quantitative estimate of drug-likeness (QED) is 0.468. The first-order chi connectivity index (χ1) is 11.7. The van der Waals surface area contributed by atoms with Crippen LogP contribution in [0.2, 0.25) is 0 Å². The summed E-state index contributed by atoms with van der Waals surface area (Å²) >= 11 is 0. The van der Waals surface area contributed by atoms with Crippen LogP contribution in [0.5, 0.6) is 0 Å². The Morgan fingerprint density at radius 2 is 1.72 bits per heavy atom. The van der Waals surface area contributed by atoms with E-state index in [1.807, 2.05) is 6.92 Å². The molecule has 1 aliphatic heterocycles. The van der Waals surface area contributed by atoms with Crippen molar-refractivity contribution in [2.45, 2.75) is 76.5 Å². The van der Waals surface area contributed by atoms with Gasteiger partial charge in [-0.25, -0.2) is 0 Å². The molecule has 2 aliphatic carbocycles. The standard InChI is InChI=1S/C17H28O8/c1-16(2)8-4-10(23-7-19)17(16,3)11(5-8)25-15-14(22)13(21)12(20)9(6-18)24-15/h7-15,18,20-22H,4-6H2,1-3H3/t8-,9+,10-,11-,12+,13-,14+,15-,17+/m0/s1. The molecule has 1 saturated heterocycles. The van der Waals surface area contributed by atoms with E-state index in [4.69, 9.17) is 14.2 Å². The van der Waals surface area contributed by atoms with Gasteiger partial charge < -0.3 is 34.6 Å². The van der Waals surface area contributed by atoms with Crippen molar-refractivity contribution in [2.24, 2.45) is 16.7 Å².